The van der Waals surface area contributed by atoms with Crippen LogP contribution in [-0.4, -0.2) is 35.1 Å². The molecule has 3 aromatic heterocycles. The van der Waals surface area contributed by atoms with Gasteiger partial charge >= 0.3 is 0 Å². The summed E-state index contributed by atoms with van der Waals surface area (Å²) in [4.78, 5) is 21.3. The van der Waals surface area contributed by atoms with Crippen LogP contribution in [0.3, 0.4) is 0 Å². The summed E-state index contributed by atoms with van der Waals surface area (Å²) in [7, 11) is -3.46. The van der Waals surface area contributed by atoms with E-state index in [0.717, 1.165) is 11.9 Å². The minimum Gasteiger partial charge on any atom is -0.345 e. The highest BCUT2D eigenvalue weighted by atomic mass is 32.2. The maximum absolute atomic E-state index is 13.3. The SMILES string of the molecule is CC[C@H](NC(=O)c1cncc2c1ccn2-c1ccc(F)cc1)c1ccnc(S(C)(=O)=O)c1. The number of aromatic nitrogens is 3. The molecule has 1 N–H and O–H groups in total. The molecule has 0 unspecified atom stereocenters. The molecule has 0 aliphatic heterocycles. The molecule has 0 bridgehead atoms. The molecule has 0 radical (unpaired) electrons. The molecule has 32 heavy (non-hydrogen) atoms. The number of pyridine rings is 2. The molecule has 0 saturated carbocycles. The first-order chi connectivity index (χ1) is 15.3. The zero-order chi connectivity index (χ0) is 22.9. The zero-order valence-electron chi connectivity index (χ0n) is 17.5. The summed E-state index contributed by atoms with van der Waals surface area (Å²) in [5.41, 5.74) is 2.50. The average molecular weight is 453 g/mol. The van der Waals surface area contributed by atoms with E-state index in [1.807, 2.05) is 17.6 Å². The summed E-state index contributed by atoms with van der Waals surface area (Å²) in [5, 5.41) is 3.62. The number of sulfone groups is 1. The van der Waals surface area contributed by atoms with Gasteiger partial charge < -0.3 is 9.88 Å². The molecule has 4 aromatic rings. The predicted octanol–water partition coefficient (Wildman–Crippen LogP) is 3.84. The third kappa shape index (κ3) is 4.24. The van der Waals surface area contributed by atoms with Crippen LogP contribution in [0, 0.1) is 5.82 Å². The standard InChI is InChI=1S/C23H21FN4O3S/c1-3-20(15-8-10-26-22(12-15)32(2,30)31)27-23(29)19-13-25-14-21-18(19)9-11-28(21)17-6-4-16(24)5-7-17/h4-14,20H,3H2,1-2H3,(H,27,29)/t20-/m0/s1. The van der Waals surface area contributed by atoms with Crippen molar-refractivity contribution in [1.29, 1.82) is 0 Å². The highest BCUT2D eigenvalue weighted by Crippen LogP contribution is 2.25. The van der Waals surface area contributed by atoms with Gasteiger partial charge in [0.1, 0.15) is 5.82 Å². The number of fused-ring (bicyclic) bond motifs is 1. The molecule has 3 heterocycles. The van der Waals surface area contributed by atoms with Crippen molar-refractivity contribution in [2.75, 3.05) is 6.26 Å². The minimum absolute atomic E-state index is 0.0390. The van der Waals surface area contributed by atoms with Crippen LogP contribution in [0.25, 0.3) is 16.6 Å². The number of amides is 1. The molecule has 0 aliphatic rings. The second-order valence-electron chi connectivity index (χ2n) is 7.42. The van der Waals surface area contributed by atoms with Crippen molar-refractivity contribution in [2.24, 2.45) is 0 Å². The second-order valence-corrected chi connectivity index (χ2v) is 9.38. The number of nitrogens with one attached hydrogen (secondary N) is 1. The van der Waals surface area contributed by atoms with E-state index >= 15 is 0 Å². The zero-order valence-corrected chi connectivity index (χ0v) is 18.3. The van der Waals surface area contributed by atoms with Crippen molar-refractivity contribution in [3.05, 3.63) is 84.2 Å². The van der Waals surface area contributed by atoms with Crippen LogP contribution in [0.15, 0.2) is 72.3 Å². The van der Waals surface area contributed by atoms with Gasteiger partial charge in [0.25, 0.3) is 5.91 Å². The summed E-state index contributed by atoms with van der Waals surface area (Å²) in [6, 6.07) is 10.6. The van der Waals surface area contributed by atoms with E-state index in [1.165, 1.54) is 30.6 Å². The van der Waals surface area contributed by atoms with Crippen molar-refractivity contribution in [3.63, 3.8) is 0 Å². The number of rotatable bonds is 6. The summed E-state index contributed by atoms with van der Waals surface area (Å²) in [6.07, 6.45) is 8.01. The number of nitrogens with zero attached hydrogens (tertiary/aromatic N) is 3. The van der Waals surface area contributed by atoms with Crippen LogP contribution < -0.4 is 5.32 Å². The van der Waals surface area contributed by atoms with Gasteiger partial charge in [0.2, 0.25) is 0 Å². The number of carbonyl (C=O) groups excluding carboxylic acids is 1. The van der Waals surface area contributed by atoms with Crippen LogP contribution in [0.5, 0.6) is 0 Å². The van der Waals surface area contributed by atoms with Gasteiger partial charge in [-0.1, -0.05) is 6.92 Å². The topological polar surface area (TPSA) is 93.9 Å². The molecule has 0 aliphatic carbocycles. The minimum atomic E-state index is -3.46. The fourth-order valence-electron chi connectivity index (χ4n) is 3.57. The number of halogens is 1. The Labute approximate surface area is 184 Å². The normalized spacial score (nSPS) is 12.6. The molecular formula is C23H21FN4O3S. The van der Waals surface area contributed by atoms with Crippen molar-refractivity contribution in [1.82, 2.24) is 19.9 Å². The lowest BCUT2D eigenvalue weighted by atomic mass is 10.1. The van der Waals surface area contributed by atoms with Gasteiger partial charge in [0.15, 0.2) is 14.9 Å². The van der Waals surface area contributed by atoms with Crippen LogP contribution in [-0.2, 0) is 9.84 Å². The van der Waals surface area contributed by atoms with Gasteiger partial charge in [-0.2, -0.15) is 0 Å². The Balaban J connectivity index is 1.66. The maximum atomic E-state index is 13.3. The molecule has 1 amide bonds. The smallest absolute Gasteiger partial charge is 0.254 e. The molecule has 4 rings (SSSR count). The van der Waals surface area contributed by atoms with Crippen molar-refractivity contribution >= 4 is 26.6 Å². The number of benzene rings is 1. The summed E-state index contributed by atoms with van der Waals surface area (Å²) in [6.45, 7) is 1.90. The van der Waals surface area contributed by atoms with E-state index in [-0.39, 0.29) is 16.8 Å². The predicted molar refractivity (Wildman–Crippen MR) is 119 cm³/mol. The van der Waals surface area contributed by atoms with Gasteiger partial charge in [-0.15, -0.1) is 0 Å². The first kappa shape index (κ1) is 21.6. The van der Waals surface area contributed by atoms with E-state index in [0.29, 0.717) is 28.5 Å². The third-order valence-corrected chi connectivity index (χ3v) is 6.20. The van der Waals surface area contributed by atoms with Crippen LogP contribution in [0.1, 0.15) is 35.3 Å². The molecule has 164 valence electrons. The van der Waals surface area contributed by atoms with Gasteiger partial charge in [-0.05, 0) is 54.4 Å². The lowest BCUT2D eigenvalue weighted by molar-refractivity contribution is 0.0937. The number of carbonyl (C=O) groups is 1. The van der Waals surface area contributed by atoms with Crippen LogP contribution in [0.2, 0.25) is 0 Å². The molecule has 9 heteroatoms. The van der Waals surface area contributed by atoms with E-state index in [1.54, 1.807) is 30.6 Å². The van der Waals surface area contributed by atoms with Crippen molar-refractivity contribution < 1.29 is 17.6 Å². The first-order valence-corrected chi connectivity index (χ1v) is 11.8. The first-order valence-electron chi connectivity index (χ1n) is 9.96. The Morgan fingerprint density at radius 1 is 1.16 bits per heavy atom. The fraction of sp³-hybridized carbons (Fsp3) is 0.174. The third-order valence-electron chi connectivity index (χ3n) is 5.22. The van der Waals surface area contributed by atoms with Gasteiger partial charge in [-0.25, -0.2) is 17.8 Å². The quantitative estimate of drug-likeness (QED) is 0.480. The summed E-state index contributed by atoms with van der Waals surface area (Å²) >= 11 is 0. The fourth-order valence-corrected chi connectivity index (χ4v) is 4.17. The number of hydrogen-bond acceptors (Lipinski definition) is 5. The highest BCUT2D eigenvalue weighted by Gasteiger charge is 2.20. The Morgan fingerprint density at radius 3 is 2.59 bits per heavy atom. The molecular weight excluding hydrogens is 431 g/mol. The van der Waals surface area contributed by atoms with Gasteiger partial charge in [0.05, 0.1) is 23.3 Å². The lowest BCUT2D eigenvalue weighted by Crippen LogP contribution is -2.28. The highest BCUT2D eigenvalue weighted by molar-refractivity contribution is 7.90. The van der Waals surface area contributed by atoms with Crippen LogP contribution >= 0.6 is 0 Å². The Hall–Kier alpha value is -3.59. The number of hydrogen-bond donors (Lipinski definition) is 1. The van der Waals surface area contributed by atoms with E-state index < -0.39 is 15.9 Å². The Morgan fingerprint density at radius 2 is 1.91 bits per heavy atom. The van der Waals surface area contributed by atoms with E-state index in [2.05, 4.69) is 15.3 Å². The van der Waals surface area contributed by atoms with Gasteiger partial charge in [0, 0.05) is 35.9 Å². The molecule has 0 spiro atoms. The van der Waals surface area contributed by atoms with Crippen molar-refractivity contribution in [3.8, 4) is 5.69 Å². The van der Waals surface area contributed by atoms with E-state index in [9.17, 15) is 17.6 Å². The maximum Gasteiger partial charge on any atom is 0.254 e. The largest absolute Gasteiger partial charge is 0.345 e. The molecule has 1 aromatic carbocycles. The van der Waals surface area contributed by atoms with E-state index in [4.69, 9.17) is 0 Å². The summed E-state index contributed by atoms with van der Waals surface area (Å²) < 4.78 is 38.8. The average Bonchev–Trinajstić information content (AvgIpc) is 3.21. The Kier molecular flexibility index (Phi) is 5.75. The second kappa shape index (κ2) is 8.51. The van der Waals surface area contributed by atoms with Gasteiger partial charge in [-0.3, -0.25) is 9.78 Å². The molecule has 7 nitrogen and oxygen atoms in total. The lowest BCUT2D eigenvalue weighted by Gasteiger charge is -2.18. The van der Waals surface area contributed by atoms with Crippen LogP contribution in [0.4, 0.5) is 4.39 Å². The molecule has 1 atom stereocenters. The molecule has 0 saturated heterocycles. The molecule has 0 fully saturated rings. The van der Waals surface area contributed by atoms with Crippen molar-refractivity contribution in [2.45, 2.75) is 24.4 Å². The summed E-state index contributed by atoms with van der Waals surface area (Å²) in [5.74, 6) is -0.659. The monoisotopic (exact) mass is 452 g/mol. The Bertz CT molecular complexity index is 1400.